The average Bonchev–Trinajstić information content (AvgIpc) is 1.93. The minimum Gasteiger partial charge on any atom is -0.374 e. The Balaban J connectivity index is 2.29. The predicted octanol–water partition coefficient (Wildman–Crippen LogP) is 1.68. The molecule has 1 aliphatic rings. The van der Waals surface area contributed by atoms with E-state index in [9.17, 15) is 0 Å². The van der Waals surface area contributed by atoms with Crippen LogP contribution in [-0.4, -0.2) is 18.2 Å². The van der Waals surface area contributed by atoms with Crippen LogP contribution in [0.15, 0.2) is 0 Å². The molecule has 0 aliphatic heterocycles. The number of hydrogen-bond donors (Lipinski definition) is 1. The zero-order valence-electron chi connectivity index (χ0n) is 7.55. The van der Waals surface area contributed by atoms with Gasteiger partial charge in [-0.05, 0) is 26.7 Å². The molecule has 0 aromatic heterocycles. The lowest BCUT2D eigenvalue weighted by molar-refractivity contribution is -0.0228. The van der Waals surface area contributed by atoms with Crippen molar-refractivity contribution in [1.29, 1.82) is 0 Å². The van der Waals surface area contributed by atoms with Crippen molar-refractivity contribution in [1.82, 2.24) is 0 Å². The fraction of sp³-hybridized carbons (Fsp3) is 1.00. The second-order valence-corrected chi connectivity index (χ2v) is 3.67. The van der Waals surface area contributed by atoms with Crippen molar-refractivity contribution >= 4 is 0 Å². The van der Waals surface area contributed by atoms with E-state index >= 15 is 0 Å². The Labute approximate surface area is 69.1 Å². The summed E-state index contributed by atoms with van der Waals surface area (Å²) < 4.78 is 5.68. The third-order valence-electron chi connectivity index (χ3n) is 2.20. The molecule has 0 radical (unpaired) electrons. The van der Waals surface area contributed by atoms with E-state index in [4.69, 9.17) is 10.5 Å². The van der Waals surface area contributed by atoms with Crippen LogP contribution in [0.5, 0.6) is 0 Å². The molecule has 2 unspecified atom stereocenters. The van der Waals surface area contributed by atoms with E-state index in [0.717, 1.165) is 12.8 Å². The summed E-state index contributed by atoms with van der Waals surface area (Å²) in [4.78, 5) is 0. The predicted molar refractivity (Wildman–Crippen MR) is 46.5 cm³/mol. The van der Waals surface area contributed by atoms with Crippen LogP contribution in [-0.2, 0) is 4.74 Å². The summed E-state index contributed by atoms with van der Waals surface area (Å²) in [5, 5.41) is 0. The molecule has 0 aromatic rings. The van der Waals surface area contributed by atoms with Crippen molar-refractivity contribution < 1.29 is 4.74 Å². The van der Waals surface area contributed by atoms with Crippen LogP contribution >= 0.6 is 0 Å². The molecule has 0 spiro atoms. The van der Waals surface area contributed by atoms with Gasteiger partial charge in [0.25, 0.3) is 0 Å². The van der Waals surface area contributed by atoms with Crippen molar-refractivity contribution in [2.24, 2.45) is 5.73 Å². The number of hydrogen-bond acceptors (Lipinski definition) is 2. The zero-order valence-corrected chi connectivity index (χ0v) is 7.55. The molecular formula is C9H19NO. The largest absolute Gasteiger partial charge is 0.374 e. The van der Waals surface area contributed by atoms with Gasteiger partial charge in [0.1, 0.15) is 0 Å². The van der Waals surface area contributed by atoms with Gasteiger partial charge in [-0.1, -0.05) is 12.8 Å². The molecule has 0 bridgehead atoms. The topological polar surface area (TPSA) is 35.2 Å². The summed E-state index contributed by atoms with van der Waals surface area (Å²) in [6.07, 6.45) is 5.49. The molecule has 0 saturated heterocycles. The first kappa shape index (κ1) is 9.01. The Bertz CT molecular complexity index is 114. The molecule has 1 saturated carbocycles. The molecule has 0 heterocycles. The lowest BCUT2D eigenvalue weighted by atomic mass is 9.93. The van der Waals surface area contributed by atoms with Gasteiger partial charge in [0.05, 0.1) is 12.2 Å². The van der Waals surface area contributed by atoms with Crippen LogP contribution in [0.2, 0.25) is 0 Å². The van der Waals surface area contributed by atoms with E-state index in [-0.39, 0.29) is 6.04 Å². The Morgan fingerprint density at radius 1 is 1.27 bits per heavy atom. The molecule has 2 N–H and O–H groups in total. The number of rotatable bonds is 2. The van der Waals surface area contributed by atoms with Gasteiger partial charge in [-0.15, -0.1) is 0 Å². The molecule has 0 amide bonds. The molecule has 1 rings (SSSR count). The molecule has 2 atom stereocenters. The minimum absolute atomic E-state index is 0.283. The maximum atomic E-state index is 5.90. The Kier molecular flexibility index (Phi) is 3.34. The van der Waals surface area contributed by atoms with Gasteiger partial charge in [0.2, 0.25) is 0 Å². The summed E-state index contributed by atoms with van der Waals surface area (Å²) in [5.41, 5.74) is 5.90. The summed E-state index contributed by atoms with van der Waals surface area (Å²) in [6.45, 7) is 4.14. The van der Waals surface area contributed by atoms with Crippen LogP contribution in [0, 0.1) is 0 Å². The number of nitrogens with two attached hydrogens (primary N) is 1. The molecule has 2 heteroatoms. The lowest BCUT2D eigenvalue weighted by Crippen LogP contribution is -2.40. The molecule has 2 nitrogen and oxygen atoms in total. The Morgan fingerprint density at radius 3 is 2.45 bits per heavy atom. The van der Waals surface area contributed by atoms with E-state index in [1.54, 1.807) is 0 Å². The first-order chi connectivity index (χ1) is 5.20. The summed E-state index contributed by atoms with van der Waals surface area (Å²) >= 11 is 0. The van der Waals surface area contributed by atoms with E-state index in [2.05, 4.69) is 13.8 Å². The van der Waals surface area contributed by atoms with Crippen molar-refractivity contribution in [3.05, 3.63) is 0 Å². The highest BCUT2D eigenvalue weighted by atomic mass is 16.5. The normalized spacial score (nSPS) is 32.7. The quantitative estimate of drug-likeness (QED) is 0.662. The standard InChI is InChI=1S/C9H19NO/c1-7(2)11-9-6-4-3-5-8(9)10/h7-9H,3-6,10H2,1-2H3. The van der Waals surface area contributed by atoms with Crippen LogP contribution in [0.25, 0.3) is 0 Å². The van der Waals surface area contributed by atoms with Gasteiger partial charge < -0.3 is 10.5 Å². The third-order valence-corrected chi connectivity index (χ3v) is 2.20. The third kappa shape index (κ3) is 2.80. The SMILES string of the molecule is CC(C)OC1CCCCC1N. The summed E-state index contributed by atoms with van der Waals surface area (Å²) in [7, 11) is 0. The van der Waals surface area contributed by atoms with Crippen molar-refractivity contribution in [3.8, 4) is 0 Å². The van der Waals surface area contributed by atoms with Crippen LogP contribution < -0.4 is 5.73 Å². The first-order valence-electron chi connectivity index (χ1n) is 4.61. The molecule has 11 heavy (non-hydrogen) atoms. The maximum absolute atomic E-state index is 5.90. The van der Waals surface area contributed by atoms with Gasteiger partial charge in [-0.2, -0.15) is 0 Å². The highest BCUT2D eigenvalue weighted by Gasteiger charge is 2.22. The molecule has 66 valence electrons. The van der Waals surface area contributed by atoms with Gasteiger partial charge in [0, 0.05) is 6.04 Å². The van der Waals surface area contributed by atoms with Crippen LogP contribution in [0.1, 0.15) is 39.5 Å². The fourth-order valence-electron chi connectivity index (χ4n) is 1.64. The average molecular weight is 157 g/mol. The fourth-order valence-corrected chi connectivity index (χ4v) is 1.64. The van der Waals surface area contributed by atoms with Gasteiger partial charge in [-0.25, -0.2) is 0 Å². The molecule has 0 aromatic carbocycles. The zero-order chi connectivity index (χ0) is 8.27. The van der Waals surface area contributed by atoms with Crippen molar-refractivity contribution in [3.63, 3.8) is 0 Å². The van der Waals surface area contributed by atoms with Gasteiger partial charge in [-0.3, -0.25) is 0 Å². The van der Waals surface area contributed by atoms with E-state index in [1.807, 2.05) is 0 Å². The van der Waals surface area contributed by atoms with Crippen molar-refractivity contribution in [2.75, 3.05) is 0 Å². The highest BCUT2D eigenvalue weighted by Crippen LogP contribution is 2.20. The smallest absolute Gasteiger partial charge is 0.0729 e. The second-order valence-electron chi connectivity index (χ2n) is 3.67. The summed E-state index contributed by atoms with van der Waals surface area (Å²) in [5.74, 6) is 0. The molecule has 1 fully saturated rings. The lowest BCUT2D eigenvalue weighted by Gasteiger charge is -2.30. The van der Waals surface area contributed by atoms with E-state index in [0.29, 0.717) is 12.2 Å². The molecule has 1 aliphatic carbocycles. The van der Waals surface area contributed by atoms with Crippen LogP contribution in [0.4, 0.5) is 0 Å². The first-order valence-corrected chi connectivity index (χ1v) is 4.61. The summed E-state index contributed by atoms with van der Waals surface area (Å²) in [6, 6.07) is 0.283. The number of ether oxygens (including phenoxy) is 1. The van der Waals surface area contributed by atoms with E-state index in [1.165, 1.54) is 12.8 Å². The second kappa shape index (κ2) is 4.07. The Morgan fingerprint density at radius 2 is 1.91 bits per heavy atom. The monoisotopic (exact) mass is 157 g/mol. The van der Waals surface area contributed by atoms with E-state index < -0.39 is 0 Å². The van der Waals surface area contributed by atoms with Gasteiger partial charge in [0.15, 0.2) is 0 Å². The molecular weight excluding hydrogens is 138 g/mol. The minimum atomic E-state index is 0.283. The Hall–Kier alpha value is -0.0800. The van der Waals surface area contributed by atoms with Crippen molar-refractivity contribution in [2.45, 2.75) is 57.8 Å². The highest BCUT2D eigenvalue weighted by molar-refractivity contribution is 4.78. The van der Waals surface area contributed by atoms with Crippen LogP contribution in [0.3, 0.4) is 0 Å². The van der Waals surface area contributed by atoms with Gasteiger partial charge >= 0.3 is 0 Å². The maximum Gasteiger partial charge on any atom is 0.0729 e.